The first-order valence-electron chi connectivity index (χ1n) is 5.59. The average molecular weight is 237 g/mol. The van der Waals surface area contributed by atoms with Crippen molar-refractivity contribution in [1.82, 2.24) is 5.32 Å². The Morgan fingerprint density at radius 2 is 2.24 bits per heavy atom. The van der Waals surface area contributed by atoms with Crippen LogP contribution >= 0.6 is 0 Å². The highest BCUT2D eigenvalue weighted by Crippen LogP contribution is 2.29. The minimum absolute atomic E-state index is 0.0915. The second kappa shape index (κ2) is 5.98. The fraction of sp³-hybridized carbons (Fsp3) is 0.417. The van der Waals surface area contributed by atoms with E-state index < -0.39 is 0 Å². The number of hydrogen-bond donors (Lipinski definition) is 3. The van der Waals surface area contributed by atoms with Crippen LogP contribution in [0.3, 0.4) is 0 Å². The third kappa shape index (κ3) is 3.27. The molecule has 4 N–H and O–H groups in total. The van der Waals surface area contributed by atoms with Gasteiger partial charge in [0.25, 0.3) is 0 Å². The van der Waals surface area contributed by atoms with E-state index in [1.54, 1.807) is 20.0 Å². The van der Waals surface area contributed by atoms with E-state index in [0.717, 1.165) is 0 Å². The van der Waals surface area contributed by atoms with Gasteiger partial charge in [-0.3, -0.25) is 4.79 Å². The molecule has 1 aromatic rings. The molecule has 5 nitrogen and oxygen atoms in total. The van der Waals surface area contributed by atoms with Gasteiger partial charge in [-0.2, -0.15) is 0 Å². The quantitative estimate of drug-likeness (QED) is 0.673. The van der Waals surface area contributed by atoms with Gasteiger partial charge in [0.1, 0.15) is 11.8 Å². The van der Waals surface area contributed by atoms with Crippen molar-refractivity contribution >= 4 is 17.3 Å². The Bertz CT molecular complexity index is 393. The number of benzene rings is 1. The van der Waals surface area contributed by atoms with Crippen LogP contribution in [-0.4, -0.2) is 25.6 Å². The van der Waals surface area contributed by atoms with E-state index in [4.69, 9.17) is 10.5 Å². The first-order chi connectivity index (χ1) is 8.10. The number of ether oxygens (including phenoxy) is 1. The fourth-order valence-electron chi connectivity index (χ4n) is 1.47. The van der Waals surface area contributed by atoms with Gasteiger partial charge in [0.2, 0.25) is 5.91 Å². The Labute approximate surface area is 101 Å². The van der Waals surface area contributed by atoms with Crippen LogP contribution in [0.15, 0.2) is 18.2 Å². The SMILES string of the molecule is CCOc1cccc(NC(C)C(=O)NC)c1N. The van der Waals surface area contributed by atoms with Gasteiger partial charge in [0, 0.05) is 7.05 Å². The topological polar surface area (TPSA) is 76.4 Å². The Morgan fingerprint density at radius 1 is 1.53 bits per heavy atom. The van der Waals surface area contributed by atoms with Gasteiger partial charge in [0.15, 0.2) is 0 Å². The molecule has 1 rings (SSSR count). The van der Waals surface area contributed by atoms with E-state index in [2.05, 4.69) is 10.6 Å². The van der Waals surface area contributed by atoms with Gasteiger partial charge in [-0.15, -0.1) is 0 Å². The third-order valence-corrected chi connectivity index (χ3v) is 2.38. The van der Waals surface area contributed by atoms with Crippen LogP contribution in [0.5, 0.6) is 5.75 Å². The Kier molecular flexibility index (Phi) is 4.63. The fourth-order valence-corrected chi connectivity index (χ4v) is 1.47. The number of carbonyl (C=O) groups is 1. The van der Waals surface area contributed by atoms with Crippen molar-refractivity contribution in [3.8, 4) is 5.75 Å². The number of carbonyl (C=O) groups excluding carboxylic acids is 1. The maximum atomic E-state index is 11.4. The van der Waals surface area contributed by atoms with Crippen molar-refractivity contribution in [2.75, 3.05) is 24.7 Å². The lowest BCUT2D eigenvalue weighted by molar-refractivity contribution is -0.121. The lowest BCUT2D eigenvalue weighted by Crippen LogP contribution is -2.35. The number of nitrogens with two attached hydrogens (primary N) is 1. The van der Waals surface area contributed by atoms with Gasteiger partial charge < -0.3 is 21.1 Å². The van der Waals surface area contributed by atoms with Gasteiger partial charge in [0.05, 0.1) is 18.0 Å². The smallest absolute Gasteiger partial charge is 0.241 e. The second-order valence-corrected chi connectivity index (χ2v) is 3.63. The summed E-state index contributed by atoms with van der Waals surface area (Å²) < 4.78 is 5.38. The van der Waals surface area contributed by atoms with Crippen molar-refractivity contribution in [3.05, 3.63) is 18.2 Å². The van der Waals surface area contributed by atoms with Crippen LogP contribution in [0.2, 0.25) is 0 Å². The highest BCUT2D eigenvalue weighted by Gasteiger charge is 2.13. The molecule has 94 valence electrons. The molecule has 0 spiro atoms. The normalized spacial score (nSPS) is 11.7. The molecule has 1 unspecified atom stereocenters. The Balaban J connectivity index is 2.84. The van der Waals surface area contributed by atoms with Crippen molar-refractivity contribution < 1.29 is 9.53 Å². The molecule has 0 bridgehead atoms. The van der Waals surface area contributed by atoms with Crippen LogP contribution in [0.4, 0.5) is 11.4 Å². The third-order valence-electron chi connectivity index (χ3n) is 2.38. The van der Waals surface area contributed by atoms with Crippen LogP contribution in [0.1, 0.15) is 13.8 Å². The molecular weight excluding hydrogens is 218 g/mol. The molecule has 1 atom stereocenters. The van der Waals surface area contributed by atoms with Crippen LogP contribution in [0, 0.1) is 0 Å². The summed E-state index contributed by atoms with van der Waals surface area (Å²) in [5.41, 5.74) is 7.16. The minimum atomic E-state index is -0.348. The molecule has 1 aromatic carbocycles. The molecule has 0 heterocycles. The van der Waals surface area contributed by atoms with Crippen molar-refractivity contribution in [3.63, 3.8) is 0 Å². The first-order valence-corrected chi connectivity index (χ1v) is 5.59. The zero-order chi connectivity index (χ0) is 12.8. The number of amides is 1. The molecule has 0 aliphatic carbocycles. The summed E-state index contributed by atoms with van der Waals surface area (Å²) in [5, 5.41) is 5.61. The minimum Gasteiger partial charge on any atom is -0.492 e. The monoisotopic (exact) mass is 237 g/mol. The number of likely N-dealkylation sites (N-methyl/N-ethyl adjacent to an activating group) is 1. The van der Waals surface area contributed by atoms with Crippen molar-refractivity contribution in [2.45, 2.75) is 19.9 Å². The highest BCUT2D eigenvalue weighted by atomic mass is 16.5. The highest BCUT2D eigenvalue weighted by molar-refractivity contribution is 5.86. The first kappa shape index (κ1) is 13.2. The Morgan fingerprint density at radius 3 is 2.82 bits per heavy atom. The van der Waals surface area contributed by atoms with Gasteiger partial charge >= 0.3 is 0 Å². The van der Waals surface area contributed by atoms with E-state index >= 15 is 0 Å². The van der Waals surface area contributed by atoms with Crippen molar-refractivity contribution in [1.29, 1.82) is 0 Å². The summed E-state index contributed by atoms with van der Waals surface area (Å²) in [6, 6.07) is 5.10. The van der Waals surface area contributed by atoms with E-state index in [0.29, 0.717) is 23.7 Å². The summed E-state index contributed by atoms with van der Waals surface area (Å²) in [6.45, 7) is 4.22. The standard InChI is InChI=1S/C12H19N3O2/c1-4-17-10-7-5-6-9(11(10)13)15-8(2)12(16)14-3/h5-8,15H,4,13H2,1-3H3,(H,14,16). The maximum Gasteiger partial charge on any atom is 0.241 e. The zero-order valence-corrected chi connectivity index (χ0v) is 10.4. The lowest BCUT2D eigenvalue weighted by atomic mass is 10.2. The summed E-state index contributed by atoms with van der Waals surface area (Å²) in [5.74, 6) is 0.535. The van der Waals surface area contributed by atoms with E-state index in [1.807, 2.05) is 19.1 Å². The molecule has 0 saturated heterocycles. The Hall–Kier alpha value is -1.91. The molecule has 0 saturated carbocycles. The molecule has 5 heteroatoms. The molecule has 1 amide bonds. The summed E-state index contributed by atoms with van der Waals surface area (Å²) in [4.78, 5) is 11.4. The van der Waals surface area contributed by atoms with Gasteiger partial charge in [-0.05, 0) is 26.0 Å². The van der Waals surface area contributed by atoms with Gasteiger partial charge in [-0.1, -0.05) is 6.07 Å². The molecular formula is C12H19N3O2. The van der Waals surface area contributed by atoms with E-state index in [9.17, 15) is 4.79 Å². The number of anilines is 2. The summed E-state index contributed by atoms with van der Waals surface area (Å²) in [6.07, 6.45) is 0. The predicted molar refractivity (Wildman–Crippen MR) is 69.2 cm³/mol. The van der Waals surface area contributed by atoms with Crippen molar-refractivity contribution in [2.24, 2.45) is 0 Å². The largest absolute Gasteiger partial charge is 0.492 e. The molecule has 0 fully saturated rings. The van der Waals surface area contributed by atoms with Gasteiger partial charge in [-0.25, -0.2) is 0 Å². The molecule has 0 aliphatic rings. The molecule has 0 aromatic heterocycles. The van der Waals surface area contributed by atoms with E-state index in [-0.39, 0.29) is 11.9 Å². The summed E-state index contributed by atoms with van der Waals surface area (Å²) >= 11 is 0. The predicted octanol–water partition coefficient (Wildman–Crippen LogP) is 1.21. The number of para-hydroxylation sites is 1. The summed E-state index contributed by atoms with van der Waals surface area (Å²) in [7, 11) is 1.60. The van der Waals surface area contributed by atoms with Crippen LogP contribution in [-0.2, 0) is 4.79 Å². The lowest BCUT2D eigenvalue weighted by Gasteiger charge is -2.17. The number of nitrogen functional groups attached to an aromatic ring is 1. The van der Waals surface area contributed by atoms with Crippen LogP contribution < -0.4 is 21.1 Å². The molecule has 0 aliphatic heterocycles. The number of nitrogens with one attached hydrogen (secondary N) is 2. The number of hydrogen-bond acceptors (Lipinski definition) is 4. The molecule has 17 heavy (non-hydrogen) atoms. The average Bonchev–Trinajstić information content (AvgIpc) is 2.33. The number of rotatable bonds is 5. The zero-order valence-electron chi connectivity index (χ0n) is 10.4. The molecule has 0 radical (unpaired) electrons. The van der Waals surface area contributed by atoms with E-state index in [1.165, 1.54) is 0 Å². The maximum absolute atomic E-state index is 11.4. The second-order valence-electron chi connectivity index (χ2n) is 3.63. The van der Waals surface area contributed by atoms with Crippen LogP contribution in [0.25, 0.3) is 0 Å².